The van der Waals surface area contributed by atoms with Gasteiger partial charge >= 0.3 is 0 Å². The lowest BCUT2D eigenvalue weighted by atomic mass is 10.1. The number of likely N-dealkylation sites (N-methyl/N-ethyl adjacent to an activating group) is 1. The number of hydrogen-bond acceptors (Lipinski definition) is 4. The van der Waals surface area contributed by atoms with Crippen LogP contribution in [0.2, 0.25) is 0 Å². The van der Waals surface area contributed by atoms with Gasteiger partial charge in [-0.05, 0) is 42.3 Å². The standard InChI is InChI=1S/C23H25N3O/c1-25-13-15-26(16-14-25)23-22-6-4-3-5-19(22)17-20(24-23)10-7-18-8-11-21(27-2)12-9-18/h3-12,17H,13-16H2,1-2H3/b10-7-. The molecule has 0 N–H and O–H groups in total. The van der Waals surface area contributed by atoms with Gasteiger partial charge in [0.1, 0.15) is 11.6 Å². The van der Waals surface area contributed by atoms with E-state index in [2.05, 4.69) is 71.5 Å². The number of fused-ring (bicyclic) bond motifs is 1. The van der Waals surface area contributed by atoms with Gasteiger partial charge in [0.25, 0.3) is 0 Å². The van der Waals surface area contributed by atoms with E-state index in [0.717, 1.165) is 49.0 Å². The highest BCUT2D eigenvalue weighted by molar-refractivity contribution is 5.94. The van der Waals surface area contributed by atoms with Crippen molar-refractivity contribution in [3.63, 3.8) is 0 Å². The van der Waals surface area contributed by atoms with Crippen LogP contribution in [-0.4, -0.2) is 50.2 Å². The van der Waals surface area contributed by atoms with Crippen molar-refractivity contribution in [1.29, 1.82) is 0 Å². The van der Waals surface area contributed by atoms with Crippen LogP contribution in [0.25, 0.3) is 22.9 Å². The fourth-order valence-corrected chi connectivity index (χ4v) is 3.44. The zero-order valence-corrected chi connectivity index (χ0v) is 15.9. The average Bonchev–Trinajstić information content (AvgIpc) is 2.72. The molecule has 27 heavy (non-hydrogen) atoms. The van der Waals surface area contributed by atoms with Crippen molar-refractivity contribution in [2.45, 2.75) is 0 Å². The predicted octanol–water partition coefficient (Wildman–Crippen LogP) is 4.17. The molecule has 4 nitrogen and oxygen atoms in total. The van der Waals surface area contributed by atoms with Gasteiger partial charge in [-0.1, -0.05) is 42.5 Å². The Labute approximate surface area is 160 Å². The van der Waals surface area contributed by atoms with Crippen LogP contribution in [0.4, 0.5) is 5.82 Å². The van der Waals surface area contributed by atoms with Gasteiger partial charge in [-0.2, -0.15) is 0 Å². The third-order valence-electron chi connectivity index (χ3n) is 5.11. The summed E-state index contributed by atoms with van der Waals surface area (Å²) in [5.41, 5.74) is 2.12. The van der Waals surface area contributed by atoms with Crippen LogP contribution >= 0.6 is 0 Å². The summed E-state index contributed by atoms with van der Waals surface area (Å²) in [6.07, 6.45) is 4.19. The van der Waals surface area contributed by atoms with E-state index in [1.54, 1.807) is 7.11 Å². The van der Waals surface area contributed by atoms with Crippen LogP contribution in [-0.2, 0) is 0 Å². The molecule has 4 rings (SSSR count). The summed E-state index contributed by atoms with van der Waals surface area (Å²) < 4.78 is 5.23. The van der Waals surface area contributed by atoms with Gasteiger partial charge in [-0.3, -0.25) is 0 Å². The molecule has 1 aromatic heterocycles. The second-order valence-corrected chi connectivity index (χ2v) is 6.99. The number of aromatic nitrogens is 1. The zero-order valence-electron chi connectivity index (χ0n) is 15.9. The van der Waals surface area contributed by atoms with Crippen molar-refractivity contribution in [2.75, 3.05) is 45.2 Å². The molecule has 2 aromatic carbocycles. The molecular weight excluding hydrogens is 334 g/mol. The number of pyridine rings is 1. The van der Waals surface area contributed by atoms with Crippen molar-refractivity contribution in [3.8, 4) is 5.75 Å². The molecule has 0 amide bonds. The molecule has 0 bridgehead atoms. The van der Waals surface area contributed by atoms with E-state index in [-0.39, 0.29) is 0 Å². The van der Waals surface area contributed by atoms with Gasteiger partial charge in [0.2, 0.25) is 0 Å². The first-order valence-corrected chi connectivity index (χ1v) is 9.38. The normalized spacial score (nSPS) is 15.6. The summed E-state index contributed by atoms with van der Waals surface area (Å²) in [6, 6.07) is 18.7. The van der Waals surface area contributed by atoms with E-state index < -0.39 is 0 Å². The second-order valence-electron chi connectivity index (χ2n) is 6.99. The molecule has 2 heterocycles. The summed E-state index contributed by atoms with van der Waals surface area (Å²) in [4.78, 5) is 9.77. The van der Waals surface area contributed by atoms with Crippen LogP contribution in [0.5, 0.6) is 5.75 Å². The summed E-state index contributed by atoms with van der Waals surface area (Å²) in [6.45, 7) is 4.17. The summed E-state index contributed by atoms with van der Waals surface area (Å²) in [5.74, 6) is 1.96. The number of ether oxygens (including phenoxy) is 1. The van der Waals surface area contributed by atoms with E-state index in [1.165, 1.54) is 10.8 Å². The van der Waals surface area contributed by atoms with Gasteiger partial charge in [-0.25, -0.2) is 4.98 Å². The molecule has 0 atom stereocenters. The smallest absolute Gasteiger partial charge is 0.137 e. The van der Waals surface area contributed by atoms with Crippen LogP contribution < -0.4 is 9.64 Å². The lowest BCUT2D eigenvalue weighted by molar-refractivity contribution is 0.312. The third-order valence-corrected chi connectivity index (χ3v) is 5.11. The maximum atomic E-state index is 5.23. The number of methoxy groups -OCH3 is 1. The molecule has 1 aliphatic heterocycles. The van der Waals surface area contributed by atoms with E-state index in [9.17, 15) is 0 Å². The van der Waals surface area contributed by atoms with Crippen LogP contribution in [0.1, 0.15) is 11.3 Å². The molecule has 1 saturated heterocycles. The molecule has 1 fully saturated rings. The number of rotatable bonds is 4. The van der Waals surface area contributed by atoms with Crippen molar-refractivity contribution in [2.24, 2.45) is 0 Å². The Balaban J connectivity index is 1.67. The van der Waals surface area contributed by atoms with Gasteiger partial charge in [0, 0.05) is 31.6 Å². The monoisotopic (exact) mass is 359 g/mol. The van der Waals surface area contributed by atoms with Gasteiger partial charge in [-0.15, -0.1) is 0 Å². The Morgan fingerprint density at radius 1 is 0.926 bits per heavy atom. The van der Waals surface area contributed by atoms with Gasteiger partial charge in [0.05, 0.1) is 12.8 Å². The number of benzene rings is 2. The molecule has 0 radical (unpaired) electrons. The van der Waals surface area contributed by atoms with E-state index in [0.29, 0.717) is 0 Å². The second kappa shape index (κ2) is 7.80. The van der Waals surface area contributed by atoms with Gasteiger partial charge in [0.15, 0.2) is 0 Å². The third kappa shape index (κ3) is 3.96. The highest BCUT2D eigenvalue weighted by Gasteiger charge is 2.17. The van der Waals surface area contributed by atoms with Crippen molar-refractivity contribution < 1.29 is 4.74 Å². The Morgan fingerprint density at radius 3 is 2.41 bits per heavy atom. The number of anilines is 1. The van der Waals surface area contributed by atoms with Crippen LogP contribution in [0, 0.1) is 0 Å². The van der Waals surface area contributed by atoms with Crippen molar-refractivity contribution >= 4 is 28.7 Å². The van der Waals surface area contributed by atoms with E-state index >= 15 is 0 Å². The first-order valence-electron chi connectivity index (χ1n) is 9.38. The lowest BCUT2D eigenvalue weighted by Crippen LogP contribution is -2.44. The maximum absolute atomic E-state index is 5.23. The molecule has 4 heteroatoms. The predicted molar refractivity (Wildman–Crippen MR) is 113 cm³/mol. The minimum atomic E-state index is 0.869. The van der Waals surface area contributed by atoms with Crippen molar-refractivity contribution in [3.05, 3.63) is 65.9 Å². The average molecular weight is 359 g/mol. The number of hydrogen-bond donors (Lipinski definition) is 0. The Bertz CT molecular complexity index is 941. The highest BCUT2D eigenvalue weighted by Crippen LogP contribution is 2.27. The first kappa shape index (κ1) is 17.6. The van der Waals surface area contributed by atoms with Gasteiger partial charge < -0.3 is 14.5 Å². The lowest BCUT2D eigenvalue weighted by Gasteiger charge is -2.34. The quantitative estimate of drug-likeness (QED) is 0.699. The van der Waals surface area contributed by atoms with Crippen LogP contribution in [0.15, 0.2) is 54.6 Å². The van der Waals surface area contributed by atoms with Crippen molar-refractivity contribution in [1.82, 2.24) is 9.88 Å². The molecular formula is C23H25N3O. The fourth-order valence-electron chi connectivity index (χ4n) is 3.44. The van der Waals surface area contributed by atoms with E-state index in [1.807, 2.05) is 12.1 Å². The van der Waals surface area contributed by atoms with Crippen LogP contribution in [0.3, 0.4) is 0 Å². The SMILES string of the molecule is COc1ccc(/C=C\c2cc3ccccc3c(N3CCN(C)CC3)n2)cc1. The minimum absolute atomic E-state index is 0.869. The van der Waals surface area contributed by atoms with E-state index in [4.69, 9.17) is 9.72 Å². The number of nitrogens with zero attached hydrogens (tertiary/aromatic N) is 3. The molecule has 138 valence electrons. The summed E-state index contributed by atoms with van der Waals surface area (Å²) >= 11 is 0. The first-order chi connectivity index (χ1) is 13.2. The molecule has 3 aromatic rings. The Hall–Kier alpha value is -2.85. The largest absolute Gasteiger partial charge is 0.497 e. The molecule has 1 aliphatic rings. The summed E-state index contributed by atoms with van der Waals surface area (Å²) in [5, 5.41) is 2.46. The maximum Gasteiger partial charge on any atom is 0.137 e. The highest BCUT2D eigenvalue weighted by atomic mass is 16.5. The molecule has 0 aliphatic carbocycles. The Morgan fingerprint density at radius 2 is 1.67 bits per heavy atom. The fraction of sp³-hybridized carbons (Fsp3) is 0.261. The molecule has 0 unspecified atom stereocenters. The topological polar surface area (TPSA) is 28.6 Å². The summed E-state index contributed by atoms with van der Waals surface area (Å²) in [7, 11) is 3.86. The molecule has 0 spiro atoms. The molecule has 0 saturated carbocycles. The Kier molecular flexibility index (Phi) is 5.07. The zero-order chi connectivity index (χ0) is 18.6. The minimum Gasteiger partial charge on any atom is -0.497 e. The number of piperazine rings is 1.